The first kappa shape index (κ1) is 30.3. The average Bonchev–Trinajstić information content (AvgIpc) is 3.49. The minimum Gasteiger partial charge on any atom is -0.346 e. The van der Waals surface area contributed by atoms with Gasteiger partial charge in [-0.15, -0.1) is 0 Å². The second-order valence-corrected chi connectivity index (χ2v) is 11.7. The number of anilines is 4. The van der Waals surface area contributed by atoms with Gasteiger partial charge in [0.25, 0.3) is 0 Å². The molecule has 1 amide bonds. The van der Waals surface area contributed by atoms with Crippen LogP contribution < -0.4 is 15.5 Å². The lowest BCUT2D eigenvalue weighted by atomic mass is 10.0. The predicted octanol–water partition coefficient (Wildman–Crippen LogP) is 8.09. The standard InChI is InChI=1S/C38H37N7O/c1-4-34(46)40-32-19-12-20-33(23-32)45-26-39-35-36(44(24-28-13-7-5-8-14-28)25-29-15-9-6-10-16-29)42-38(43-37(35)45)41-31-18-11-17-30(22-31)21-27(2)3/h4-20,22-23,26-27H,1,21,24-25H2,2-3H3,(H,40,46)(H,41,42,43). The van der Waals surface area contributed by atoms with Crippen molar-refractivity contribution < 1.29 is 4.79 Å². The zero-order chi connectivity index (χ0) is 31.9. The van der Waals surface area contributed by atoms with Crippen LogP contribution in [0.15, 0.2) is 128 Å². The van der Waals surface area contributed by atoms with Crippen LogP contribution in [0.25, 0.3) is 16.9 Å². The molecule has 0 atom stereocenters. The molecule has 8 heteroatoms. The van der Waals surface area contributed by atoms with Gasteiger partial charge in [-0.2, -0.15) is 9.97 Å². The third-order valence-electron chi connectivity index (χ3n) is 7.51. The molecule has 0 spiro atoms. The van der Waals surface area contributed by atoms with Crippen molar-refractivity contribution in [3.05, 3.63) is 145 Å². The Bertz CT molecular complexity index is 1910. The Morgan fingerprint density at radius 2 is 1.48 bits per heavy atom. The van der Waals surface area contributed by atoms with Crippen molar-refractivity contribution >= 4 is 40.2 Å². The van der Waals surface area contributed by atoms with Gasteiger partial charge in [0.1, 0.15) is 6.33 Å². The van der Waals surface area contributed by atoms with E-state index in [0.717, 1.165) is 28.9 Å². The summed E-state index contributed by atoms with van der Waals surface area (Å²) in [7, 11) is 0. The minimum atomic E-state index is -0.277. The Kier molecular flexibility index (Phi) is 9.15. The molecule has 2 aromatic heterocycles. The molecular weight excluding hydrogens is 570 g/mol. The van der Waals surface area contributed by atoms with Gasteiger partial charge in [-0.3, -0.25) is 9.36 Å². The molecule has 0 aliphatic rings. The number of carbonyl (C=O) groups is 1. The molecule has 0 fully saturated rings. The lowest BCUT2D eigenvalue weighted by Crippen LogP contribution is -2.24. The maximum absolute atomic E-state index is 12.0. The molecule has 0 saturated heterocycles. The van der Waals surface area contributed by atoms with Crippen LogP contribution in [0, 0.1) is 5.92 Å². The number of nitrogens with one attached hydrogen (secondary N) is 2. The van der Waals surface area contributed by atoms with Gasteiger partial charge in [-0.05, 0) is 65.4 Å². The van der Waals surface area contributed by atoms with E-state index in [4.69, 9.17) is 15.0 Å². The fourth-order valence-electron chi connectivity index (χ4n) is 5.47. The highest BCUT2D eigenvalue weighted by Crippen LogP contribution is 2.30. The van der Waals surface area contributed by atoms with Gasteiger partial charge in [-0.25, -0.2) is 4.98 Å². The molecule has 0 radical (unpaired) electrons. The first-order chi connectivity index (χ1) is 22.4. The fourth-order valence-corrected chi connectivity index (χ4v) is 5.47. The van der Waals surface area contributed by atoms with Crippen molar-refractivity contribution in [1.29, 1.82) is 0 Å². The number of aromatic nitrogens is 4. The van der Waals surface area contributed by atoms with Crippen molar-refractivity contribution in [2.24, 2.45) is 5.92 Å². The lowest BCUT2D eigenvalue weighted by Gasteiger charge is -2.25. The van der Waals surface area contributed by atoms with E-state index in [2.05, 4.69) is 103 Å². The van der Waals surface area contributed by atoms with E-state index >= 15 is 0 Å². The molecule has 0 unspecified atom stereocenters. The summed E-state index contributed by atoms with van der Waals surface area (Å²) in [5.74, 6) is 1.45. The van der Waals surface area contributed by atoms with Gasteiger partial charge >= 0.3 is 0 Å². The first-order valence-electron chi connectivity index (χ1n) is 15.4. The van der Waals surface area contributed by atoms with Crippen molar-refractivity contribution in [3.63, 3.8) is 0 Å². The Hall–Kier alpha value is -5.76. The highest BCUT2D eigenvalue weighted by molar-refractivity contribution is 5.99. The molecule has 0 aliphatic carbocycles. The third kappa shape index (κ3) is 7.30. The maximum atomic E-state index is 12.0. The number of fused-ring (bicyclic) bond motifs is 1. The fraction of sp³-hybridized carbons (Fsp3) is 0.158. The maximum Gasteiger partial charge on any atom is 0.247 e. The highest BCUT2D eigenvalue weighted by atomic mass is 16.1. The first-order valence-corrected chi connectivity index (χ1v) is 15.4. The molecule has 2 N–H and O–H groups in total. The van der Waals surface area contributed by atoms with E-state index < -0.39 is 0 Å². The van der Waals surface area contributed by atoms with Crippen molar-refractivity contribution in [2.45, 2.75) is 33.4 Å². The van der Waals surface area contributed by atoms with Gasteiger partial charge in [0.2, 0.25) is 11.9 Å². The Morgan fingerprint density at radius 3 is 2.15 bits per heavy atom. The minimum absolute atomic E-state index is 0.277. The van der Waals surface area contributed by atoms with E-state index in [1.165, 1.54) is 11.6 Å². The molecule has 230 valence electrons. The second-order valence-electron chi connectivity index (χ2n) is 11.7. The summed E-state index contributed by atoms with van der Waals surface area (Å²) in [4.78, 5) is 29.3. The predicted molar refractivity (Wildman–Crippen MR) is 187 cm³/mol. The monoisotopic (exact) mass is 607 g/mol. The lowest BCUT2D eigenvalue weighted by molar-refractivity contribution is -0.111. The van der Waals surface area contributed by atoms with Gasteiger partial charge in [-0.1, -0.05) is 99.3 Å². The van der Waals surface area contributed by atoms with Crippen LogP contribution in [0.2, 0.25) is 0 Å². The van der Waals surface area contributed by atoms with E-state index in [0.29, 0.717) is 47.6 Å². The molecule has 0 bridgehead atoms. The molecule has 0 saturated carbocycles. The normalized spacial score (nSPS) is 11.0. The number of carbonyl (C=O) groups excluding carboxylic acids is 1. The summed E-state index contributed by atoms with van der Waals surface area (Å²) in [6.07, 6.45) is 3.99. The van der Waals surface area contributed by atoms with Crippen molar-refractivity contribution in [1.82, 2.24) is 19.5 Å². The zero-order valence-electron chi connectivity index (χ0n) is 26.1. The summed E-state index contributed by atoms with van der Waals surface area (Å²) in [6.45, 7) is 9.25. The molecule has 0 aliphatic heterocycles. The van der Waals surface area contributed by atoms with Gasteiger partial charge in [0, 0.05) is 24.5 Å². The smallest absolute Gasteiger partial charge is 0.247 e. The number of nitrogens with zero attached hydrogens (tertiary/aromatic N) is 5. The van der Waals surface area contributed by atoms with Crippen LogP contribution in [0.3, 0.4) is 0 Å². The number of hydrogen-bond donors (Lipinski definition) is 2. The zero-order valence-corrected chi connectivity index (χ0v) is 26.1. The van der Waals surface area contributed by atoms with Crippen LogP contribution in [0.4, 0.5) is 23.1 Å². The summed E-state index contributed by atoms with van der Waals surface area (Å²) >= 11 is 0. The van der Waals surface area contributed by atoms with Crippen LogP contribution in [-0.2, 0) is 24.3 Å². The van der Waals surface area contributed by atoms with Crippen molar-refractivity contribution in [3.8, 4) is 5.69 Å². The molecule has 6 aromatic rings. The van der Waals surface area contributed by atoms with E-state index in [-0.39, 0.29) is 5.91 Å². The number of rotatable bonds is 12. The number of hydrogen-bond acceptors (Lipinski definition) is 6. The van der Waals surface area contributed by atoms with Crippen LogP contribution in [0.1, 0.15) is 30.5 Å². The summed E-state index contributed by atoms with van der Waals surface area (Å²) in [6, 6.07) is 36.7. The van der Waals surface area contributed by atoms with Gasteiger partial charge in [0.05, 0.1) is 5.69 Å². The highest BCUT2D eigenvalue weighted by Gasteiger charge is 2.21. The average molecular weight is 608 g/mol. The number of benzene rings is 4. The molecule has 6 rings (SSSR count). The number of imidazole rings is 1. The molecule has 2 heterocycles. The number of amides is 1. The molecule has 8 nitrogen and oxygen atoms in total. The van der Waals surface area contributed by atoms with E-state index in [1.807, 2.05) is 47.0 Å². The van der Waals surface area contributed by atoms with Crippen molar-refractivity contribution in [2.75, 3.05) is 15.5 Å². The largest absolute Gasteiger partial charge is 0.346 e. The van der Waals surface area contributed by atoms with Crippen LogP contribution in [0.5, 0.6) is 0 Å². The topological polar surface area (TPSA) is 88.0 Å². The Morgan fingerprint density at radius 1 is 0.826 bits per heavy atom. The van der Waals surface area contributed by atoms with Crippen LogP contribution >= 0.6 is 0 Å². The quantitative estimate of drug-likeness (QED) is 0.137. The third-order valence-corrected chi connectivity index (χ3v) is 7.51. The Balaban J connectivity index is 1.48. The molecular formula is C38H37N7O. The van der Waals surface area contributed by atoms with Gasteiger partial charge < -0.3 is 15.5 Å². The molecule has 4 aromatic carbocycles. The summed E-state index contributed by atoms with van der Waals surface area (Å²) in [5.41, 5.74) is 7.25. The van der Waals surface area contributed by atoms with Crippen LogP contribution in [-0.4, -0.2) is 25.4 Å². The summed E-state index contributed by atoms with van der Waals surface area (Å²) < 4.78 is 1.92. The van der Waals surface area contributed by atoms with Gasteiger partial charge in [0.15, 0.2) is 17.0 Å². The molecule has 46 heavy (non-hydrogen) atoms. The van der Waals surface area contributed by atoms with E-state index in [9.17, 15) is 4.79 Å². The second kappa shape index (κ2) is 13.9. The van der Waals surface area contributed by atoms with E-state index in [1.54, 1.807) is 6.33 Å². The Labute approximate surface area is 269 Å². The SMILES string of the molecule is C=CC(=O)Nc1cccc(-n2cnc3c(N(Cc4ccccc4)Cc4ccccc4)nc(Nc4cccc(CC(C)C)c4)nc32)c1. The summed E-state index contributed by atoms with van der Waals surface area (Å²) in [5, 5.41) is 6.33.